The largest absolute Gasteiger partial charge is 0.394 e. The molecule has 6 rings (SSSR count). The first-order valence-corrected chi connectivity index (χ1v) is 14.7. The molecule has 11 heteroatoms. The molecule has 2 unspecified atom stereocenters. The van der Waals surface area contributed by atoms with Gasteiger partial charge in [-0.25, -0.2) is 4.68 Å². The summed E-state index contributed by atoms with van der Waals surface area (Å²) in [6.07, 6.45) is 1.87. The minimum atomic E-state index is -0.810. The third-order valence-electron chi connectivity index (χ3n) is 8.95. The molecule has 3 saturated heterocycles. The van der Waals surface area contributed by atoms with Crippen molar-refractivity contribution in [1.29, 1.82) is 0 Å². The molecule has 2 bridgehead atoms. The van der Waals surface area contributed by atoms with Crippen LogP contribution < -0.4 is 10.6 Å². The first-order chi connectivity index (χ1) is 19.3. The van der Waals surface area contributed by atoms with Crippen LogP contribution in [0.15, 0.2) is 54.6 Å². The van der Waals surface area contributed by atoms with Gasteiger partial charge >= 0.3 is 0 Å². The quantitative estimate of drug-likeness (QED) is 0.364. The fourth-order valence-corrected chi connectivity index (χ4v) is 9.39. The highest BCUT2D eigenvalue weighted by Crippen LogP contribution is 2.71. The molecule has 0 radical (unpaired) electrons. The highest BCUT2D eigenvalue weighted by Gasteiger charge is 2.77. The van der Waals surface area contributed by atoms with Crippen molar-refractivity contribution in [3.63, 3.8) is 0 Å². The molecule has 3 aliphatic heterocycles. The normalized spacial score (nSPS) is 29.5. The number of nitrogens with one attached hydrogen (secondary N) is 2. The van der Waals surface area contributed by atoms with Gasteiger partial charge in [-0.2, -0.15) is 0 Å². The number of nitrogens with zero attached hydrogens (tertiary/aromatic N) is 4. The summed E-state index contributed by atoms with van der Waals surface area (Å²) in [6, 6.07) is 15.9. The van der Waals surface area contributed by atoms with E-state index in [1.54, 1.807) is 21.3 Å². The molecule has 2 aromatic carbocycles. The van der Waals surface area contributed by atoms with E-state index in [1.165, 1.54) is 0 Å². The maximum atomic E-state index is 14.2. The SMILES string of the molecule is CC[C@@H](CO)N1C(=O)[C@@H]2[C@H](C(=O)NCc3ccccc3)[C@]3(C)CCC2(S3)C1C(=O)NCn1nnc2ccccc21. The van der Waals surface area contributed by atoms with Gasteiger partial charge < -0.3 is 20.6 Å². The number of benzene rings is 2. The lowest BCUT2D eigenvalue weighted by Crippen LogP contribution is -2.56. The molecule has 3 amide bonds. The number of fused-ring (bicyclic) bond motifs is 2. The monoisotopic (exact) mass is 562 g/mol. The van der Waals surface area contributed by atoms with E-state index < -0.39 is 33.4 Å². The molecule has 0 aliphatic carbocycles. The van der Waals surface area contributed by atoms with E-state index in [0.29, 0.717) is 19.4 Å². The lowest BCUT2D eigenvalue weighted by atomic mass is 9.66. The summed E-state index contributed by atoms with van der Waals surface area (Å²) in [6.45, 7) is 4.16. The number of thioether (sulfide) groups is 1. The Bertz CT molecular complexity index is 1440. The Morgan fingerprint density at radius 1 is 1.10 bits per heavy atom. The van der Waals surface area contributed by atoms with Crippen LogP contribution in [0.4, 0.5) is 0 Å². The summed E-state index contributed by atoms with van der Waals surface area (Å²) in [4.78, 5) is 43.5. The van der Waals surface area contributed by atoms with E-state index in [0.717, 1.165) is 23.0 Å². The van der Waals surface area contributed by atoms with Crippen molar-refractivity contribution in [1.82, 2.24) is 30.5 Å². The zero-order valence-electron chi connectivity index (χ0n) is 22.6. The number of hydrogen-bond donors (Lipinski definition) is 3. The molecule has 3 fully saturated rings. The summed E-state index contributed by atoms with van der Waals surface area (Å²) >= 11 is 1.62. The molecule has 6 atom stereocenters. The molecule has 1 spiro atoms. The Hall–Kier alpha value is -3.44. The number of aliphatic hydroxyl groups excluding tert-OH is 1. The molecule has 210 valence electrons. The van der Waals surface area contributed by atoms with Crippen LogP contribution in [-0.4, -0.2) is 70.9 Å². The van der Waals surface area contributed by atoms with Crippen molar-refractivity contribution in [2.75, 3.05) is 6.61 Å². The third-order valence-corrected chi connectivity index (χ3v) is 10.9. The molecule has 40 heavy (non-hydrogen) atoms. The van der Waals surface area contributed by atoms with Gasteiger partial charge in [0, 0.05) is 11.3 Å². The van der Waals surface area contributed by atoms with Gasteiger partial charge in [0.15, 0.2) is 0 Å². The van der Waals surface area contributed by atoms with Crippen molar-refractivity contribution in [3.8, 4) is 0 Å². The van der Waals surface area contributed by atoms with Gasteiger partial charge in [0.25, 0.3) is 0 Å². The Kier molecular flexibility index (Phi) is 6.82. The molecule has 4 heterocycles. The van der Waals surface area contributed by atoms with Gasteiger partial charge in [-0.05, 0) is 43.9 Å². The average Bonchev–Trinajstić information content (AvgIpc) is 3.67. The molecule has 3 N–H and O–H groups in total. The van der Waals surface area contributed by atoms with Gasteiger partial charge in [-0.15, -0.1) is 16.9 Å². The zero-order chi connectivity index (χ0) is 28.1. The van der Waals surface area contributed by atoms with Crippen LogP contribution in [0.5, 0.6) is 0 Å². The summed E-state index contributed by atoms with van der Waals surface area (Å²) in [5, 5.41) is 24.6. The first kappa shape index (κ1) is 26.8. The van der Waals surface area contributed by atoms with Gasteiger partial charge in [0.05, 0.1) is 34.7 Å². The van der Waals surface area contributed by atoms with E-state index in [-0.39, 0.29) is 31.0 Å². The Balaban J connectivity index is 1.30. The number of aliphatic hydroxyl groups is 1. The lowest BCUT2D eigenvalue weighted by molar-refractivity contribution is -0.143. The molecule has 3 aliphatic rings. The summed E-state index contributed by atoms with van der Waals surface area (Å²) in [7, 11) is 0. The smallest absolute Gasteiger partial charge is 0.245 e. The molecular formula is C29H34N6O4S. The highest BCUT2D eigenvalue weighted by atomic mass is 32.2. The fraction of sp³-hybridized carbons (Fsp3) is 0.483. The van der Waals surface area contributed by atoms with Crippen LogP contribution in [0, 0.1) is 11.8 Å². The van der Waals surface area contributed by atoms with Gasteiger partial charge in [0.1, 0.15) is 18.2 Å². The van der Waals surface area contributed by atoms with Crippen molar-refractivity contribution in [3.05, 3.63) is 60.2 Å². The summed E-state index contributed by atoms with van der Waals surface area (Å²) in [5.74, 6) is -1.90. The second-order valence-corrected chi connectivity index (χ2v) is 13.1. The number of hydrogen-bond acceptors (Lipinski definition) is 7. The Labute approximate surface area is 236 Å². The van der Waals surface area contributed by atoms with Crippen LogP contribution in [0.25, 0.3) is 11.0 Å². The van der Waals surface area contributed by atoms with E-state index >= 15 is 0 Å². The Morgan fingerprint density at radius 2 is 1.85 bits per heavy atom. The van der Waals surface area contributed by atoms with E-state index in [2.05, 4.69) is 27.9 Å². The van der Waals surface area contributed by atoms with Crippen LogP contribution in [0.3, 0.4) is 0 Å². The van der Waals surface area contributed by atoms with E-state index in [4.69, 9.17) is 0 Å². The van der Waals surface area contributed by atoms with Crippen LogP contribution in [0.2, 0.25) is 0 Å². The predicted octanol–water partition coefficient (Wildman–Crippen LogP) is 2.07. The van der Waals surface area contributed by atoms with Crippen molar-refractivity contribution >= 4 is 40.5 Å². The van der Waals surface area contributed by atoms with Crippen LogP contribution in [0.1, 0.15) is 38.7 Å². The topological polar surface area (TPSA) is 129 Å². The van der Waals surface area contributed by atoms with Gasteiger partial charge in [-0.3, -0.25) is 14.4 Å². The number of carbonyl (C=O) groups excluding carboxylic acids is 3. The van der Waals surface area contributed by atoms with Gasteiger partial charge in [-0.1, -0.05) is 54.6 Å². The molecule has 10 nitrogen and oxygen atoms in total. The minimum Gasteiger partial charge on any atom is -0.394 e. The second-order valence-electron chi connectivity index (χ2n) is 11.2. The number of amides is 3. The number of rotatable bonds is 9. The molecule has 1 aromatic heterocycles. The van der Waals surface area contributed by atoms with Crippen molar-refractivity contribution < 1.29 is 19.5 Å². The maximum absolute atomic E-state index is 14.2. The van der Waals surface area contributed by atoms with Crippen molar-refractivity contribution in [2.45, 2.75) is 67.9 Å². The zero-order valence-corrected chi connectivity index (χ0v) is 23.4. The summed E-state index contributed by atoms with van der Waals surface area (Å²) in [5.41, 5.74) is 2.50. The van der Waals surface area contributed by atoms with Crippen LogP contribution >= 0.6 is 11.8 Å². The third kappa shape index (κ3) is 4.09. The van der Waals surface area contributed by atoms with E-state index in [1.807, 2.05) is 61.5 Å². The second kappa shape index (κ2) is 10.2. The fourth-order valence-electron chi connectivity index (χ4n) is 7.05. The predicted molar refractivity (Wildman–Crippen MR) is 151 cm³/mol. The Morgan fingerprint density at radius 3 is 2.60 bits per heavy atom. The number of likely N-dealkylation sites (tertiary alicyclic amines) is 1. The maximum Gasteiger partial charge on any atom is 0.245 e. The molecule has 0 saturated carbocycles. The van der Waals surface area contributed by atoms with Crippen molar-refractivity contribution in [2.24, 2.45) is 11.8 Å². The average molecular weight is 563 g/mol. The number of carbonyl (C=O) groups is 3. The van der Waals surface area contributed by atoms with Crippen LogP contribution in [-0.2, 0) is 27.6 Å². The standard InChI is InChI=1S/C29H34N6O4S/c1-3-19(16-36)35-24(26(38)31-17-34-21-12-8-7-11-20(21)32-33-34)29-14-13-28(2,40-29)22(23(29)27(35)39)25(37)30-15-18-9-5-4-6-10-18/h4-12,19,22-24,36H,3,13-17H2,1-2H3,(H,30,37)(H,31,38)/t19-,22+,23-,24?,28-,29?/m0/s1. The number of para-hydroxylation sites is 1. The van der Waals surface area contributed by atoms with Gasteiger partial charge in [0.2, 0.25) is 17.7 Å². The number of aromatic nitrogens is 3. The highest BCUT2D eigenvalue weighted by molar-refractivity contribution is 8.02. The minimum absolute atomic E-state index is 0.0947. The summed E-state index contributed by atoms with van der Waals surface area (Å²) < 4.78 is 0.402. The molecule has 3 aromatic rings. The first-order valence-electron chi connectivity index (χ1n) is 13.8. The molecular weight excluding hydrogens is 528 g/mol. The lowest BCUT2D eigenvalue weighted by Gasteiger charge is -2.36. The van der Waals surface area contributed by atoms with E-state index in [9.17, 15) is 19.5 Å².